The van der Waals surface area contributed by atoms with Gasteiger partial charge in [0, 0.05) is 12.4 Å². The molecule has 0 bridgehead atoms. The molecule has 1 aromatic rings. The molecule has 0 saturated carbocycles. The Balaban J connectivity index is 2.29. The van der Waals surface area contributed by atoms with Crippen molar-refractivity contribution >= 4 is 0 Å². The lowest BCUT2D eigenvalue weighted by molar-refractivity contribution is 0.515. The van der Waals surface area contributed by atoms with Crippen LogP contribution in [0.4, 0.5) is 0 Å². The van der Waals surface area contributed by atoms with Gasteiger partial charge in [0.25, 0.3) is 0 Å². The highest BCUT2D eigenvalue weighted by Gasteiger charge is 2.20. The minimum atomic E-state index is 0.746. The summed E-state index contributed by atoms with van der Waals surface area (Å²) in [6, 6.07) is 2.31. The molecule has 1 heteroatoms. The Morgan fingerprint density at radius 2 is 1.65 bits per heavy atom. The zero-order valence-electron chi connectivity index (χ0n) is 13.4. The van der Waals surface area contributed by atoms with Gasteiger partial charge in [-0.1, -0.05) is 52.4 Å². The standard InChI is InChI=1S/C19H31N/c1-3-10-17-12-9-7-5-6-8-11-16(4-2)18-13-14-20-15-19(17)18/h13-17H,3-12H2,1-2H3. The molecule has 2 unspecified atom stereocenters. The molecule has 0 N–H and O–H groups in total. The molecule has 0 fully saturated rings. The summed E-state index contributed by atoms with van der Waals surface area (Å²) in [4.78, 5) is 4.45. The van der Waals surface area contributed by atoms with Gasteiger partial charge >= 0.3 is 0 Å². The Hall–Kier alpha value is -0.850. The van der Waals surface area contributed by atoms with Crippen LogP contribution in [0, 0.1) is 0 Å². The predicted octanol–water partition coefficient (Wildman–Crippen LogP) is 6.20. The SMILES string of the molecule is CCCC1CCCCCCCC(CC)c2ccncc21. The second-order valence-electron chi connectivity index (χ2n) is 6.44. The van der Waals surface area contributed by atoms with Gasteiger partial charge in [-0.2, -0.15) is 0 Å². The molecular formula is C19H31N. The largest absolute Gasteiger partial charge is 0.264 e. The summed E-state index contributed by atoms with van der Waals surface area (Å²) in [5.74, 6) is 1.50. The minimum Gasteiger partial charge on any atom is -0.264 e. The molecule has 2 rings (SSSR count). The van der Waals surface area contributed by atoms with Gasteiger partial charge in [-0.25, -0.2) is 0 Å². The van der Waals surface area contributed by atoms with Crippen molar-refractivity contribution in [3.8, 4) is 0 Å². The van der Waals surface area contributed by atoms with Gasteiger partial charge < -0.3 is 0 Å². The monoisotopic (exact) mass is 273 g/mol. The molecule has 20 heavy (non-hydrogen) atoms. The van der Waals surface area contributed by atoms with Gasteiger partial charge in [-0.3, -0.25) is 4.98 Å². The summed E-state index contributed by atoms with van der Waals surface area (Å²) in [7, 11) is 0. The Bertz CT molecular complexity index is 385. The van der Waals surface area contributed by atoms with E-state index in [4.69, 9.17) is 0 Å². The van der Waals surface area contributed by atoms with E-state index in [0.717, 1.165) is 11.8 Å². The van der Waals surface area contributed by atoms with Crippen molar-refractivity contribution < 1.29 is 0 Å². The van der Waals surface area contributed by atoms with Gasteiger partial charge in [0.15, 0.2) is 0 Å². The number of hydrogen-bond donors (Lipinski definition) is 0. The highest BCUT2D eigenvalue weighted by molar-refractivity contribution is 5.30. The molecule has 0 amide bonds. The van der Waals surface area contributed by atoms with Gasteiger partial charge in [0.2, 0.25) is 0 Å². The summed E-state index contributed by atoms with van der Waals surface area (Å²) in [6.07, 6.45) is 17.9. The van der Waals surface area contributed by atoms with Crippen LogP contribution in [0.2, 0.25) is 0 Å². The predicted molar refractivity (Wildman–Crippen MR) is 87.2 cm³/mol. The van der Waals surface area contributed by atoms with E-state index in [-0.39, 0.29) is 0 Å². The first-order valence-electron chi connectivity index (χ1n) is 8.80. The second-order valence-corrected chi connectivity index (χ2v) is 6.44. The molecule has 1 aromatic heterocycles. The first kappa shape index (κ1) is 15.5. The molecule has 0 aliphatic heterocycles. The summed E-state index contributed by atoms with van der Waals surface area (Å²) >= 11 is 0. The molecule has 0 spiro atoms. The van der Waals surface area contributed by atoms with E-state index >= 15 is 0 Å². The first-order chi connectivity index (χ1) is 9.86. The van der Waals surface area contributed by atoms with Crippen LogP contribution < -0.4 is 0 Å². The maximum atomic E-state index is 4.45. The lowest BCUT2D eigenvalue weighted by Crippen LogP contribution is -2.08. The van der Waals surface area contributed by atoms with Crippen molar-refractivity contribution in [1.29, 1.82) is 0 Å². The van der Waals surface area contributed by atoms with Crippen LogP contribution in [0.1, 0.15) is 101 Å². The van der Waals surface area contributed by atoms with E-state index in [1.54, 1.807) is 11.1 Å². The highest BCUT2D eigenvalue weighted by atomic mass is 14.6. The van der Waals surface area contributed by atoms with Crippen molar-refractivity contribution in [2.45, 2.75) is 89.9 Å². The van der Waals surface area contributed by atoms with E-state index in [0.29, 0.717) is 0 Å². The van der Waals surface area contributed by atoms with Crippen molar-refractivity contribution in [2.75, 3.05) is 0 Å². The average Bonchev–Trinajstić information content (AvgIpc) is 2.52. The maximum Gasteiger partial charge on any atom is 0.0305 e. The van der Waals surface area contributed by atoms with Crippen LogP contribution in [0.25, 0.3) is 0 Å². The summed E-state index contributed by atoms with van der Waals surface area (Å²) in [5, 5.41) is 0. The topological polar surface area (TPSA) is 12.9 Å². The van der Waals surface area contributed by atoms with Crippen LogP contribution >= 0.6 is 0 Å². The Morgan fingerprint density at radius 3 is 2.35 bits per heavy atom. The van der Waals surface area contributed by atoms with Crippen LogP contribution in [0.5, 0.6) is 0 Å². The van der Waals surface area contributed by atoms with Crippen LogP contribution in [-0.4, -0.2) is 4.98 Å². The molecule has 0 aromatic carbocycles. The number of nitrogens with zero attached hydrogens (tertiary/aromatic N) is 1. The summed E-state index contributed by atoms with van der Waals surface area (Å²) < 4.78 is 0. The third kappa shape index (κ3) is 4.07. The van der Waals surface area contributed by atoms with Gasteiger partial charge in [0.1, 0.15) is 0 Å². The van der Waals surface area contributed by atoms with Gasteiger partial charge in [-0.05, 0) is 54.7 Å². The molecule has 1 heterocycles. The fourth-order valence-electron chi connectivity index (χ4n) is 3.83. The number of hydrogen-bond acceptors (Lipinski definition) is 1. The second kappa shape index (κ2) is 8.44. The van der Waals surface area contributed by atoms with Crippen molar-refractivity contribution in [2.24, 2.45) is 0 Å². The average molecular weight is 273 g/mol. The van der Waals surface area contributed by atoms with E-state index in [9.17, 15) is 0 Å². The highest BCUT2D eigenvalue weighted by Crippen LogP contribution is 2.36. The van der Waals surface area contributed by atoms with Crippen LogP contribution in [-0.2, 0) is 0 Å². The number of pyridine rings is 1. The van der Waals surface area contributed by atoms with Crippen molar-refractivity contribution in [3.63, 3.8) is 0 Å². The quantitative estimate of drug-likeness (QED) is 0.638. The lowest BCUT2D eigenvalue weighted by Gasteiger charge is -2.24. The molecule has 1 aliphatic carbocycles. The van der Waals surface area contributed by atoms with E-state index in [2.05, 4.69) is 31.1 Å². The zero-order valence-corrected chi connectivity index (χ0v) is 13.4. The molecule has 1 nitrogen and oxygen atoms in total. The molecule has 0 saturated heterocycles. The van der Waals surface area contributed by atoms with Crippen LogP contribution in [0.3, 0.4) is 0 Å². The Morgan fingerprint density at radius 1 is 0.950 bits per heavy atom. The number of aromatic nitrogens is 1. The van der Waals surface area contributed by atoms with Gasteiger partial charge in [-0.15, -0.1) is 0 Å². The van der Waals surface area contributed by atoms with E-state index < -0.39 is 0 Å². The zero-order chi connectivity index (χ0) is 14.2. The third-order valence-corrected chi connectivity index (χ3v) is 5.00. The lowest BCUT2D eigenvalue weighted by atomic mass is 9.82. The fourth-order valence-corrected chi connectivity index (χ4v) is 3.83. The van der Waals surface area contributed by atoms with Crippen molar-refractivity contribution in [3.05, 3.63) is 29.6 Å². The molecule has 2 atom stereocenters. The van der Waals surface area contributed by atoms with E-state index in [1.807, 2.05) is 6.20 Å². The summed E-state index contributed by atoms with van der Waals surface area (Å²) in [5.41, 5.74) is 3.19. The van der Waals surface area contributed by atoms with E-state index in [1.165, 1.54) is 64.2 Å². The Kier molecular flexibility index (Phi) is 6.56. The fraction of sp³-hybridized carbons (Fsp3) is 0.737. The summed E-state index contributed by atoms with van der Waals surface area (Å²) in [6.45, 7) is 4.67. The van der Waals surface area contributed by atoms with Gasteiger partial charge in [0.05, 0.1) is 0 Å². The number of rotatable bonds is 3. The first-order valence-corrected chi connectivity index (χ1v) is 8.80. The molecular weight excluding hydrogens is 242 g/mol. The molecule has 0 radical (unpaired) electrons. The van der Waals surface area contributed by atoms with Crippen molar-refractivity contribution in [1.82, 2.24) is 4.98 Å². The number of fused-ring (bicyclic) bond motifs is 1. The maximum absolute atomic E-state index is 4.45. The smallest absolute Gasteiger partial charge is 0.0305 e. The minimum absolute atomic E-state index is 0.746. The van der Waals surface area contributed by atoms with Crippen LogP contribution in [0.15, 0.2) is 18.5 Å². The molecule has 1 aliphatic rings. The third-order valence-electron chi connectivity index (χ3n) is 5.00. The normalized spacial score (nSPS) is 24.7. The Labute approximate surface area is 125 Å². The molecule has 112 valence electrons.